The molecule has 1 aromatic heterocycles. The molecule has 0 aliphatic rings. The molecule has 0 bridgehead atoms. The highest BCUT2D eigenvalue weighted by Crippen LogP contribution is 2.28. The highest BCUT2D eigenvalue weighted by atomic mass is 19.3. The second-order valence-electron chi connectivity index (χ2n) is 2.58. The number of methoxy groups -OCH3 is 1. The van der Waals surface area contributed by atoms with Gasteiger partial charge in [0.15, 0.2) is 12.4 Å². The van der Waals surface area contributed by atoms with E-state index in [0.717, 1.165) is 6.07 Å². The Bertz CT molecular complexity index is 347. The van der Waals surface area contributed by atoms with E-state index in [4.69, 9.17) is 10.5 Å². The Morgan fingerprint density at radius 1 is 1.53 bits per heavy atom. The van der Waals surface area contributed by atoms with Crippen LogP contribution >= 0.6 is 0 Å². The highest BCUT2D eigenvalue weighted by molar-refractivity contribution is 5.47. The molecular formula is C8H9F3N2O2. The average molecular weight is 222 g/mol. The monoisotopic (exact) mass is 222 g/mol. The number of pyridine rings is 1. The van der Waals surface area contributed by atoms with E-state index in [2.05, 4.69) is 9.72 Å². The maximum absolute atomic E-state index is 12.9. The largest absolute Gasteiger partial charge is 0.491 e. The van der Waals surface area contributed by atoms with E-state index >= 15 is 0 Å². The van der Waals surface area contributed by atoms with E-state index in [1.807, 2.05) is 0 Å². The van der Waals surface area contributed by atoms with Crippen molar-refractivity contribution < 1.29 is 22.6 Å². The molecule has 15 heavy (non-hydrogen) atoms. The fourth-order valence-electron chi connectivity index (χ4n) is 0.863. The summed E-state index contributed by atoms with van der Waals surface area (Å²) >= 11 is 0. The second kappa shape index (κ2) is 4.72. The zero-order chi connectivity index (χ0) is 11.4. The quantitative estimate of drug-likeness (QED) is 0.783. The van der Waals surface area contributed by atoms with Gasteiger partial charge in [-0.05, 0) is 0 Å². The lowest BCUT2D eigenvalue weighted by Gasteiger charge is -2.09. The Morgan fingerprint density at radius 3 is 2.73 bits per heavy atom. The summed E-state index contributed by atoms with van der Waals surface area (Å²) in [5, 5.41) is 0. The molecule has 0 aliphatic heterocycles. The maximum atomic E-state index is 12.9. The lowest BCUT2D eigenvalue weighted by Crippen LogP contribution is -2.10. The third kappa shape index (κ3) is 2.90. The minimum absolute atomic E-state index is 0.00884. The molecule has 84 valence electrons. The number of ether oxygens (including phenoxy) is 2. The third-order valence-corrected chi connectivity index (χ3v) is 1.50. The van der Waals surface area contributed by atoms with Gasteiger partial charge < -0.3 is 15.2 Å². The lowest BCUT2D eigenvalue weighted by atomic mass is 10.4. The SMILES string of the molecule is COc1cc(N)c(F)nc1OCC(F)F. The molecule has 0 radical (unpaired) electrons. The van der Waals surface area contributed by atoms with Crippen molar-refractivity contribution in [2.45, 2.75) is 6.43 Å². The fraction of sp³-hybridized carbons (Fsp3) is 0.375. The van der Waals surface area contributed by atoms with Gasteiger partial charge in [0.1, 0.15) is 0 Å². The molecule has 1 rings (SSSR count). The molecular weight excluding hydrogens is 213 g/mol. The normalized spacial score (nSPS) is 10.5. The van der Waals surface area contributed by atoms with Gasteiger partial charge in [0.05, 0.1) is 12.8 Å². The number of halogens is 3. The predicted molar refractivity (Wildman–Crippen MR) is 46.7 cm³/mol. The van der Waals surface area contributed by atoms with Gasteiger partial charge >= 0.3 is 0 Å². The van der Waals surface area contributed by atoms with Gasteiger partial charge in [-0.2, -0.15) is 9.37 Å². The second-order valence-corrected chi connectivity index (χ2v) is 2.58. The van der Waals surface area contributed by atoms with Gasteiger partial charge in [0, 0.05) is 6.07 Å². The Labute approximate surface area is 83.8 Å². The number of hydrogen-bond acceptors (Lipinski definition) is 4. The van der Waals surface area contributed by atoms with Crippen molar-refractivity contribution in [3.8, 4) is 11.6 Å². The standard InChI is InChI=1S/C8H9F3N2O2/c1-14-5-2-4(12)7(11)13-8(5)15-3-6(9)10/h2,6H,3,12H2,1H3. The Balaban J connectivity index is 2.89. The first kappa shape index (κ1) is 11.4. The molecule has 0 aromatic carbocycles. The van der Waals surface area contributed by atoms with Crippen molar-refractivity contribution >= 4 is 5.69 Å². The van der Waals surface area contributed by atoms with Gasteiger partial charge in [-0.3, -0.25) is 0 Å². The molecule has 0 spiro atoms. The van der Waals surface area contributed by atoms with Crippen LogP contribution in [0.25, 0.3) is 0 Å². The van der Waals surface area contributed by atoms with Gasteiger partial charge in [0.2, 0.25) is 5.95 Å². The van der Waals surface area contributed by atoms with Crippen LogP contribution < -0.4 is 15.2 Å². The van der Waals surface area contributed by atoms with Crippen LogP contribution in [-0.4, -0.2) is 25.1 Å². The Kier molecular flexibility index (Phi) is 3.59. The number of aromatic nitrogens is 1. The summed E-state index contributed by atoms with van der Waals surface area (Å²) in [6.45, 7) is -0.882. The highest BCUT2D eigenvalue weighted by Gasteiger charge is 2.13. The summed E-state index contributed by atoms with van der Waals surface area (Å²) in [7, 11) is 1.27. The fourth-order valence-corrected chi connectivity index (χ4v) is 0.863. The first-order valence-electron chi connectivity index (χ1n) is 3.95. The lowest BCUT2D eigenvalue weighted by molar-refractivity contribution is 0.0775. The van der Waals surface area contributed by atoms with E-state index in [9.17, 15) is 13.2 Å². The number of nitrogen functional groups attached to an aromatic ring is 1. The molecule has 0 amide bonds. The van der Waals surface area contributed by atoms with E-state index in [0.29, 0.717) is 0 Å². The first-order valence-corrected chi connectivity index (χ1v) is 3.95. The third-order valence-electron chi connectivity index (χ3n) is 1.50. The summed E-state index contributed by atoms with van der Waals surface area (Å²) < 4.78 is 45.8. The summed E-state index contributed by atoms with van der Waals surface area (Å²) in [6.07, 6.45) is -2.67. The molecule has 0 saturated heterocycles. The van der Waals surface area contributed by atoms with Crippen molar-refractivity contribution in [3.63, 3.8) is 0 Å². The van der Waals surface area contributed by atoms with Crippen molar-refractivity contribution in [3.05, 3.63) is 12.0 Å². The van der Waals surface area contributed by atoms with Gasteiger partial charge in [-0.15, -0.1) is 0 Å². The van der Waals surface area contributed by atoms with Crippen LogP contribution in [0.5, 0.6) is 11.6 Å². The van der Waals surface area contributed by atoms with Crippen molar-refractivity contribution in [2.24, 2.45) is 0 Å². The molecule has 0 atom stereocenters. The minimum Gasteiger partial charge on any atom is -0.491 e. The van der Waals surface area contributed by atoms with Crippen LogP contribution in [0, 0.1) is 5.95 Å². The zero-order valence-electron chi connectivity index (χ0n) is 7.84. The molecule has 1 heterocycles. The number of anilines is 1. The molecule has 0 fully saturated rings. The minimum atomic E-state index is -2.67. The molecule has 1 aromatic rings. The number of alkyl halides is 2. The summed E-state index contributed by atoms with van der Waals surface area (Å²) in [4.78, 5) is 3.24. The molecule has 0 saturated carbocycles. The van der Waals surface area contributed by atoms with Gasteiger partial charge in [0.25, 0.3) is 12.3 Å². The van der Waals surface area contributed by atoms with Gasteiger partial charge in [-0.1, -0.05) is 0 Å². The van der Waals surface area contributed by atoms with Crippen LogP contribution in [0.15, 0.2) is 6.07 Å². The Morgan fingerprint density at radius 2 is 2.20 bits per heavy atom. The smallest absolute Gasteiger partial charge is 0.272 e. The van der Waals surface area contributed by atoms with E-state index in [1.54, 1.807) is 0 Å². The van der Waals surface area contributed by atoms with Crippen LogP contribution in [-0.2, 0) is 0 Å². The first-order chi connectivity index (χ1) is 7.04. The van der Waals surface area contributed by atoms with Gasteiger partial charge in [-0.25, -0.2) is 8.78 Å². The predicted octanol–water partition coefficient (Wildman–Crippen LogP) is 1.46. The summed E-state index contributed by atoms with van der Waals surface area (Å²) in [5.41, 5.74) is 4.96. The molecule has 2 N–H and O–H groups in total. The molecule has 0 unspecified atom stereocenters. The van der Waals surface area contributed by atoms with Crippen LogP contribution in [0.3, 0.4) is 0 Å². The molecule has 7 heteroatoms. The summed E-state index contributed by atoms with van der Waals surface area (Å²) in [5.74, 6) is -1.32. The van der Waals surface area contributed by atoms with Crippen LogP contribution in [0.4, 0.5) is 18.9 Å². The van der Waals surface area contributed by atoms with Crippen LogP contribution in [0.2, 0.25) is 0 Å². The number of nitrogens with two attached hydrogens (primary N) is 1. The summed E-state index contributed by atoms with van der Waals surface area (Å²) in [6, 6.07) is 1.11. The van der Waals surface area contributed by atoms with Crippen molar-refractivity contribution in [1.82, 2.24) is 4.98 Å². The number of nitrogens with zero attached hydrogens (tertiary/aromatic N) is 1. The van der Waals surface area contributed by atoms with Crippen molar-refractivity contribution in [2.75, 3.05) is 19.5 Å². The molecule has 0 aliphatic carbocycles. The Hall–Kier alpha value is -1.66. The number of rotatable bonds is 4. The average Bonchev–Trinajstić information content (AvgIpc) is 2.19. The molecule has 4 nitrogen and oxygen atoms in total. The van der Waals surface area contributed by atoms with E-state index in [-0.39, 0.29) is 17.3 Å². The number of hydrogen-bond donors (Lipinski definition) is 1. The van der Waals surface area contributed by atoms with Crippen LogP contribution in [0.1, 0.15) is 0 Å². The van der Waals surface area contributed by atoms with Crippen molar-refractivity contribution in [1.29, 1.82) is 0 Å². The van der Waals surface area contributed by atoms with E-state index < -0.39 is 19.0 Å². The zero-order valence-corrected chi connectivity index (χ0v) is 7.84. The van der Waals surface area contributed by atoms with E-state index in [1.165, 1.54) is 7.11 Å². The maximum Gasteiger partial charge on any atom is 0.272 e. The topological polar surface area (TPSA) is 57.4 Å².